The number of aliphatic carboxylic acids is 1. The third kappa shape index (κ3) is 9.69. The van der Waals surface area contributed by atoms with E-state index in [9.17, 15) is 9.90 Å². The maximum atomic E-state index is 9.70. The Balaban J connectivity index is 0. The maximum Gasteiger partial charge on any atom is 1.00 e. The van der Waals surface area contributed by atoms with Crippen molar-refractivity contribution in [3.05, 3.63) is 0 Å². The smallest absolute Gasteiger partial charge is 0.550 e. The van der Waals surface area contributed by atoms with Crippen LogP contribution in [0.2, 0.25) is 0 Å². The Hall–Kier alpha value is 0.470. The second kappa shape index (κ2) is 5.60. The van der Waals surface area contributed by atoms with Gasteiger partial charge in [0.25, 0.3) is 0 Å². The van der Waals surface area contributed by atoms with Crippen LogP contribution in [0.25, 0.3) is 0 Å². The van der Waals surface area contributed by atoms with Crippen LogP contribution < -0.4 is 34.7 Å². The zero-order valence-electron chi connectivity index (χ0n) is 5.60. The molecule has 0 bridgehead atoms. The Labute approximate surface area is 71.6 Å². The molecule has 0 amide bonds. The summed E-state index contributed by atoms with van der Waals surface area (Å²) in [5, 5.41) is 9.70. The number of hydrogen-bond acceptors (Lipinski definition) is 2. The third-order valence-corrected chi connectivity index (χ3v) is 0.575. The predicted octanol–water partition coefficient (Wildman–Crippen LogP) is -3.21. The summed E-state index contributed by atoms with van der Waals surface area (Å²) in [6.45, 7) is 3.69. The van der Waals surface area contributed by atoms with Crippen molar-refractivity contribution in [2.75, 3.05) is 0 Å². The van der Waals surface area contributed by atoms with E-state index >= 15 is 0 Å². The van der Waals surface area contributed by atoms with Gasteiger partial charge in [-0.05, 0) is 12.3 Å². The molecule has 2 nitrogen and oxygen atoms in total. The van der Waals surface area contributed by atoms with Crippen molar-refractivity contribution in [2.45, 2.75) is 20.3 Å². The Bertz CT molecular complexity index is 70.8. The number of carbonyl (C=O) groups excluding carboxylic acids is 1. The molecule has 8 heavy (non-hydrogen) atoms. The maximum absolute atomic E-state index is 9.70. The molecular formula is C5H9NaO2. The molecule has 0 aliphatic heterocycles. The van der Waals surface area contributed by atoms with Gasteiger partial charge in [-0.2, -0.15) is 0 Å². The molecule has 0 aromatic rings. The molecule has 0 fully saturated rings. The Morgan fingerprint density at radius 2 is 2.00 bits per heavy atom. The zero-order valence-corrected chi connectivity index (χ0v) is 7.60. The molecule has 0 radical (unpaired) electrons. The topological polar surface area (TPSA) is 40.1 Å². The van der Waals surface area contributed by atoms with Crippen LogP contribution >= 0.6 is 0 Å². The minimum atomic E-state index is -0.963. The molecule has 0 unspecified atom stereocenters. The van der Waals surface area contributed by atoms with Gasteiger partial charge >= 0.3 is 29.6 Å². The quantitative estimate of drug-likeness (QED) is 0.363. The second-order valence-electron chi connectivity index (χ2n) is 1.97. The summed E-state index contributed by atoms with van der Waals surface area (Å²) < 4.78 is 0. The van der Waals surface area contributed by atoms with Gasteiger partial charge in [-0.3, -0.25) is 0 Å². The molecule has 0 aromatic heterocycles. The molecular weight excluding hydrogens is 115 g/mol. The summed E-state index contributed by atoms with van der Waals surface area (Å²) in [7, 11) is 0. The van der Waals surface area contributed by atoms with Gasteiger partial charge in [0.05, 0.1) is 0 Å². The molecule has 0 heterocycles. The van der Waals surface area contributed by atoms with Crippen LogP contribution in [0.3, 0.4) is 0 Å². The Morgan fingerprint density at radius 1 is 1.62 bits per heavy atom. The van der Waals surface area contributed by atoms with Crippen LogP contribution in [0, 0.1) is 5.92 Å². The molecule has 0 spiro atoms. The molecule has 42 valence electrons. The molecule has 0 atom stereocenters. The van der Waals surface area contributed by atoms with Crippen LogP contribution in [0.5, 0.6) is 0 Å². The molecule has 3 heteroatoms. The number of carboxylic acid groups (broad SMARTS) is 1. The van der Waals surface area contributed by atoms with Gasteiger partial charge in [-0.25, -0.2) is 0 Å². The summed E-state index contributed by atoms with van der Waals surface area (Å²) >= 11 is 0. The van der Waals surface area contributed by atoms with Crippen molar-refractivity contribution in [1.82, 2.24) is 0 Å². The van der Waals surface area contributed by atoms with Crippen LogP contribution in [-0.4, -0.2) is 5.97 Å². The predicted molar refractivity (Wildman–Crippen MR) is 24.5 cm³/mol. The van der Waals surface area contributed by atoms with E-state index in [0.717, 1.165) is 0 Å². The second-order valence-corrected chi connectivity index (χ2v) is 1.97. The summed E-state index contributed by atoms with van der Waals surface area (Å²) in [5.74, 6) is -0.750. The largest absolute Gasteiger partial charge is 1.00 e. The average molecular weight is 124 g/mol. The van der Waals surface area contributed by atoms with Gasteiger partial charge in [0, 0.05) is 5.97 Å². The third-order valence-electron chi connectivity index (χ3n) is 0.575. The van der Waals surface area contributed by atoms with Crippen molar-refractivity contribution in [3.8, 4) is 0 Å². The number of hydrogen-bond donors (Lipinski definition) is 0. The molecule has 0 N–H and O–H groups in total. The van der Waals surface area contributed by atoms with E-state index in [-0.39, 0.29) is 41.9 Å². The fraction of sp³-hybridized carbons (Fsp3) is 0.800. The van der Waals surface area contributed by atoms with Gasteiger partial charge in [0.1, 0.15) is 0 Å². The van der Waals surface area contributed by atoms with E-state index in [0.29, 0.717) is 0 Å². The summed E-state index contributed by atoms with van der Waals surface area (Å²) in [6.07, 6.45) is 0.167. The minimum Gasteiger partial charge on any atom is -0.550 e. The fourth-order valence-corrected chi connectivity index (χ4v) is 0.333. The number of carbonyl (C=O) groups is 1. The SMILES string of the molecule is CC(C)CC(=O)[O-].[Na+]. The molecule has 0 aliphatic rings. The van der Waals surface area contributed by atoms with Crippen LogP contribution in [0.15, 0.2) is 0 Å². The van der Waals surface area contributed by atoms with Crippen molar-refractivity contribution in [1.29, 1.82) is 0 Å². The Morgan fingerprint density at radius 3 is 2.00 bits per heavy atom. The van der Waals surface area contributed by atoms with Crippen LogP contribution in [0.1, 0.15) is 20.3 Å². The standard InChI is InChI=1S/C5H10O2.Na/c1-4(2)3-5(6)7;/h4H,3H2,1-2H3,(H,6,7);/q;+1/p-1. The monoisotopic (exact) mass is 124 g/mol. The first-order valence-corrected chi connectivity index (χ1v) is 2.32. The number of carboxylic acids is 1. The van der Waals surface area contributed by atoms with E-state index in [1.54, 1.807) is 0 Å². The van der Waals surface area contributed by atoms with Crippen LogP contribution in [0.4, 0.5) is 0 Å². The normalized spacial score (nSPS) is 8.38. The van der Waals surface area contributed by atoms with Gasteiger partial charge in [-0.1, -0.05) is 13.8 Å². The minimum absolute atomic E-state index is 0. The van der Waals surface area contributed by atoms with Gasteiger partial charge in [0.2, 0.25) is 0 Å². The van der Waals surface area contributed by atoms with E-state index in [4.69, 9.17) is 0 Å². The van der Waals surface area contributed by atoms with Crippen molar-refractivity contribution < 1.29 is 39.5 Å². The van der Waals surface area contributed by atoms with E-state index < -0.39 is 5.97 Å². The Kier molecular flexibility index (Phi) is 7.91. The first-order chi connectivity index (χ1) is 3.13. The molecule has 0 rings (SSSR count). The summed E-state index contributed by atoms with van der Waals surface area (Å²) in [4.78, 5) is 9.70. The van der Waals surface area contributed by atoms with Crippen LogP contribution in [-0.2, 0) is 4.79 Å². The number of rotatable bonds is 2. The molecule has 0 saturated carbocycles. The van der Waals surface area contributed by atoms with Gasteiger partial charge in [-0.15, -0.1) is 0 Å². The molecule has 0 aromatic carbocycles. The zero-order chi connectivity index (χ0) is 5.86. The molecule has 0 aliphatic carbocycles. The van der Waals surface area contributed by atoms with Crippen molar-refractivity contribution in [3.63, 3.8) is 0 Å². The average Bonchev–Trinajstić information content (AvgIpc) is 1.27. The van der Waals surface area contributed by atoms with E-state index in [2.05, 4.69) is 0 Å². The summed E-state index contributed by atoms with van der Waals surface area (Å²) in [6, 6.07) is 0. The van der Waals surface area contributed by atoms with E-state index in [1.165, 1.54) is 0 Å². The van der Waals surface area contributed by atoms with Crippen molar-refractivity contribution in [2.24, 2.45) is 5.92 Å². The molecule has 0 saturated heterocycles. The summed E-state index contributed by atoms with van der Waals surface area (Å²) in [5.41, 5.74) is 0. The van der Waals surface area contributed by atoms with E-state index in [1.807, 2.05) is 13.8 Å². The first kappa shape index (κ1) is 11.3. The van der Waals surface area contributed by atoms with Gasteiger partial charge in [0.15, 0.2) is 0 Å². The first-order valence-electron chi connectivity index (χ1n) is 2.32. The fourth-order valence-electron chi connectivity index (χ4n) is 0.333. The van der Waals surface area contributed by atoms with Gasteiger partial charge < -0.3 is 9.90 Å². The van der Waals surface area contributed by atoms with Crippen molar-refractivity contribution >= 4 is 5.97 Å².